The van der Waals surface area contributed by atoms with Crippen LogP contribution in [0.15, 0.2) is 23.1 Å². The van der Waals surface area contributed by atoms with Crippen LogP contribution in [0.1, 0.15) is 37.1 Å². The molecule has 1 aromatic carbocycles. The Morgan fingerprint density at radius 2 is 2.08 bits per heavy atom. The van der Waals surface area contributed by atoms with Crippen LogP contribution in [0.4, 0.5) is 0 Å². The lowest BCUT2D eigenvalue weighted by atomic mass is 9.85. The quantitative estimate of drug-likeness (QED) is 0.884. The minimum absolute atomic E-state index is 0.152. The number of sulfonamides is 1. The Hall–Kier alpha value is -1.51. The molecule has 2 heterocycles. The predicted molar refractivity (Wildman–Crippen MR) is 95.2 cm³/mol. The second-order valence-corrected chi connectivity index (χ2v) is 9.98. The summed E-state index contributed by atoms with van der Waals surface area (Å²) < 4.78 is 28.7. The van der Waals surface area contributed by atoms with E-state index in [0.717, 1.165) is 40.9 Å². The summed E-state index contributed by atoms with van der Waals surface area (Å²) in [7, 11) is -3.85. The number of nitrogens with zero attached hydrogens (tertiary/aromatic N) is 2. The third-order valence-electron chi connectivity index (χ3n) is 5.36. The summed E-state index contributed by atoms with van der Waals surface area (Å²) in [6, 6.07) is 3.72. The summed E-state index contributed by atoms with van der Waals surface area (Å²) in [4.78, 5) is 16.3. The third-order valence-corrected chi connectivity index (χ3v) is 8.22. The topological polar surface area (TPSA) is 87.6 Å². The van der Waals surface area contributed by atoms with Crippen molar-refractivity contribution in [2.75, 3.05) is 0 Å². The van der Waals surface area contributed by atoms with Gasteiger partial charge in [-0.1, -0.05) is 12.8 Å². The fraction of sp³-hybridized carbons (Fsp3) is 0.529. The molecule has 3 atom stereocenters. The van der Waals surface area contributed by atoms with E-state index < -0.39 is 22.0 Å². The number of rotatable bonds is 3. The maximum absolute atomic E-state index is 13.3. The van der Waals surface area contributed by atoms with Crippen LogP contribution in [0.25, 0.3) is 10.2 Å². The van der Waals surface area contributed by atoms with Crippen molar-refractivity contribution in [3.8, 4) is 0 Å². The summed E-state index contributed by atoms with van der Waals surface area (Å²) >= 11 is 1.44. The van der Waals surface area contributed by atoms with Crippen molar-refractivity contribution in [2.24, 2.45) is 5.92 Å². The number of aryl methyl sites for hydroxylation is 1. The normalized spacial score (nSPS) is 27.5. The van der Waals surface area contributed by atoms with Gasteiger partial charge in [-0.05, 0) is 50.3 Å². The minimum atomic E-state index is -3.85. The molecule has 1 saturated heterocycles. The summed E-state index contributed by atoms with van der Waals surface area (Å²) in [6.07, 6.45) is 4.07. The zero-order valence-corrected chi connectivity index (χ0v) is 15.5. The first-order valence-electron chi connectivity index (χ1n) is 8.51. The van der Waals surface area contributed by atoms with E-state index >= 15 is 0 Å². The summed E-state index contributed by atoms with van der Waals surface area (Å²) in [5, 5.41) is 10.5. The van der Waals surface area contributed by atoms with Crippen molar-refractivity contribution in [2.45, 2.75) is 56.0 Å². The molecular formula is C17H20N2O4S2. The molecule has 25 heavy (non-hydrogen) atoms. The highest BCUT2D eigenvalue weighted by atomic mass is 32.2. The molecule has 6 nitrogen and oxygen atoms in total. The molecule has 134 valence electrons. The van der Waals surface area contributed by atoms with Gasteiger partial charge in [-0.25, -0.2) is 13.4 Å². The lowest BCUT2D eigenvalue weighted by Gasteiger charge is -2.32. The number of hydrogen-bond donors (Lipinski definition) is 1. The van der Waals surface area contributed by atoms with E-state index in [-0.39, 0.29) is 16.9 Å². The molecule has 1 aliphatic heterocycles. The number of aromatic nitrogens is 1. The molecule has 1 saturated carbocycles. The smallest absolute Gasteiger partial charge is 0.322 e. The Kier molecular flexibility index (Phi) is 4.09. The van der Waals surface area contributed by atoms with E-state index in [4.69, 9.17) is 0 Å². The van der Waals surface area contributed by atoms with Gasteiger partial charge >= 0.3 is 5.97 Å². The van der Waals surface area contributed by atoms with Crippen LogP contribution in [0.3, 0.4) is 0 Å². The molecule has 4 rings (SSSR count). The molecule has 1 aromatic heterocycles. The molecule has 2 fully saturated rings. The molecule has 1 aliphatic carbocycles. The molecule has 0 bridgehead atoms. The van der Waals surface area contributed by atoms with Gasteiger partial charge in [-0.3, -0.25) is 4.79 Å². The molecule has 1 N–H and O–H groups in total. The van der Waals surface area contributed by atoms with Gasteiger partial charge < -0.3 is 5.11 Å². The second kappa shape index (κ2) is 6.03. The molecule has 0 amide bonds. The third kappa shape index (κ3) is 2.76. The Morgan fingerprint density at radius 3 is 2.84 bits per heavy atom. The van der Waals surface area contributed by atoms with Crippen LogP contribution < -0.4 is 0 Å². The predicted octanol–water partition coefficient (Wildman–Crippen LogP) is 3.01. The van der Waals surface area contributed by atoms with Gasteiger partial charge in [0.05, 0.1) is 20.1 Å². The van der Waals surface area contributed by atoms with Crippen LogP contribution in [0.5, 0.6) is 0 Å². The van der Waals surface area contributed by atoms with Crippen molar-refractivity contribution in [3.05, 3.63) is 23.2 Å². The van der Waals surface area contributed by atoms with E-state index in [2.05, 4.69) is 4.98 Å². The van der Waals surface area contributed by atoms with Gasteiger partial charge in [0, 0.05) is 6.04 Å². The number of carboxylic acid groups (broad SMARTS) is 1. The minimum Gasteiger partial charge on any atom is -0.480 e. The molecule has 2 aliphatic rings. The SMILES string of the molecule is Cc1nc2ccc(S(=O)(=O)N3C(C(=O)O)CC4CCCCC43)cc2s1. The first-order chi connectivity index (χ1) is 11.9. The van der Waals surface area contributed by atoms with Crippen molar-refractivity contribution in [3.63, 3.8) is 0 Å². The van der Waals surface area contributed by atoms with Gasteiger partial charge in [-0.2, -0.15) is 4.31 Å². The van der Waals surface area contributed by atoms with Crippen molar-refractivity contribution >= 4 is 37.5 Å². The van der Waals surface area contributed by atoms with Crippen LogP contribution in [0.2, 0.25) is 0 Å². The molecule has 0 radical (unpaired) electrons. The van der Waals surface area contributed by atoms with Crippen molar-refractivity contribution in [1.29, 1.82) is 0 Å². The number of aliphatic carboxylic acids is 1. The number of thiazole rings is 1. The Balaban J connectivity index is 1.79. The molecule has 0 spiro atoms. The lowest BCUT2D eigenvalue weighted by molar-refractivity contribution is -0.141. The number of hydrogen-bond acceptors (Lipinski definition) is 5. The Labute approximate surface area is 150 Å². The highest BCUT2D eigenvalue weighted by molar-refractivity contribution is 7.89. The molecule has 8 heteroatoms. The fourth-order valence-corrected chi connectivity index (χ4v) is 7.11. The monoisotopic (exact) mass is 380 g/mol. The zero-order chi connectivity index (χ0) is 17.8. The van der Waals surface area contributed by atoms with Crippen LogP contribution in [-0.2, 0) is 14.8 Å². The second-order valence-electron chi connectivity index (χ2n) is 6.90. The lowest BCUT2D eigenvalue weighted by Crippen LogP contribution is -2.46. The average Bonchev–Trinajstić information content (AvgIpc) is 3.13. The van der Waals surface area contributed by atoms with Crippen molar-refractivity contribution in [1.82, 2.24) is 9.29 Å². The van der Waals surface area contributed by atoms with Gasteiger partial charge in [0.2, 0.25) is 10.0 Å². The van der Waals surface area contributed by atoms with Gasteiger partial charge in [-0.15, -0.1) is 11.3 Å². The number of fused-ring (bicyclic) bond motifs is 2. The number of carboxylic acids is 1. The molecule has 3 unspecified atom stereocenters. The van der Waals surface area contributed by atoms with E-state index in [1.165, 1.54) is 15.6 Å². The first kappa shape index (κ1) is 16.9. The zero-order valence-electron chi connectivity index (χ0n) is 13.9. The largest absolute Gasteiger partial charge is 0.480 e. The van der Waals surface area contributed by atoms with E-state index in [1.54, 1.807) is 18.2 Å². The van der Waals surface area contributed by atoms with Gasteiger partial charge in [0.1, 0.15) is 6.04 Å². The molecule has 2 aromatic rings. The standard InChI is InChI=1S/C17H20N2O4S2/c1-10-18-13-7-6-12(9-16(13)24-10)25(22,23)19-14-5-3-2-4-11(14)8-15(19)17(20)21/h6-7,9,11,14-15H,2-5,8H2,1H3,(H,20,21). The van der Waals surface area contributed by atoms with Crippen LogP contribution >= 0.6 is 11.3 Å². The summed E-state index contributed by atoms with van der Waals surface area (Å²) in [5.41, 5.74) is 0.771. The highest BCUT2D eigenvalue weighted by Crippen LogP contribution is 2.43. The maximum Gasteiger partial charge on any atom is 0.322 e. The Morgan fingerprint density at radius 1 is 1.32 bits per heavy atom. The number of carbonyl (C=O) groups is 1. The van der Waals surface area contributed by atoms with Crippen LogP contribution in [-0.4, -0.2) is 40.9 Å². The van der Waals surface area contributed by atoms with E-state index in [1.807, 2.05) is 6.92 Å². The van der Waals surface area contributed by atoms with Gasteiger partial charge in [0.25, 0.3) is 0 Å². The van der Waals surface area contributed by atoms with Gasteiger partial charge in [0.15, 0.2) is 0 Å². The summed E-state index contributed by atoms with van der Waals surface area (Å²) in [5.74, 6) is -0.897. The first-order valence-corrected chi connectivity index (χ1v) is 10.8. The highest BCUT2D eigenvalue weighted by Gasteiger charge is 2.51. The number of benzene rings is 1. The Bertz CT molecular complexity index is 937. The maximum atomic E-state index is 13.3. The van der Waals surface area contributed by atoms with Crippen LogP contribution in [0, 0.1) is 12.8 Å². The average molecular weight is 380 g/mol. The van der Waals surface area contributed by atoms with E-state index in [0.29, 0.717) is 6.42 Å². The van der Waals surface area contributed by atoms with Crippen molar-refractivity contribution < 1.29 is 18.3 Å². The fourth-order valence-electron chi connectivity index (χ4n) is 4.28. The summed E-state index contributed by atoms with van der Waals surface area (Å²) in [6.45, 7) is 1.88. The molecular weight excluding hydrogens is 360 g/mol. The van der Waals surface area contributed by atoms with E-state index in [9.17, 15) is 18.3 Å².